The van der Waals surface area contributed by atoms with Crippen molar-refractivity contribution in [3.05, 3.63) is 17.5 Å². The van der Waals surface area contributed by atoms with Crippen LogP contribution >= 0.6 is 0 Å². The van der Waals surface area contributed by atoms with Gasteiger partial charge in [0.05, 0.1) is 5.69 Å². The number of likely N-dealkylation sites (N-methyl/N-ethyl adjacent to an activating group) is 2. The van der Waals surface area contributed by atoms with Crippen molar-refractivity contribution in [2.75, 3.05) is 32.1 Å². The summed E-state index contributed by atoms with van der Waals surface area (Å²) in [5.74, 6) is 0.808. The van der Waals surface area contributed by atoms with Gasteiger partial charge in [-0.3, -0.25) is 4.90 Å². The first-order valence-electron chi connectivity index (χ1n) is 6.69. The maximum absolute atomic E-state index is 5.57. The number of nitrogens with two attached hydrogens (primary N) is 1. The summed E-state index contributed by atoms with van der Waals surface area (Å²) in [6.45, 7) is 1.43. The summed E-state index contributed by atoms with van der Waals surface area (Å²) in [4.78, 5) is 13.7. The molecule has 0 aromatic carbocycles. The Balaban J connectivity index is 1.91. The summed E-state index contributed by atoms with van der Waals surface area (Å²) in [7, 11) is 4.22. The Kier molecular flexibility index (Phi) is 2.95. The Hall–Kier alpha value is -1.20. The van der Waals surface area contributed by atoms with Gasteiger partial charge in [-0.25, -0.2) is 9.97 Å². The van der Waals surface area contributed by atoms with Crippen molar-refractivity contribution in [2.24, 2.45) is 5.73 Å². The molecule has 2 N–H and O–H groups in total. The fraction of sp³-hybridized carbons (Fsp3) is 0.692. The van der Waals surface area contributed by atoms with Gasteiger partial charge in [0.1, 0.15) is 0 Å². The Morgan fingerprint density at radius 3 is 3.11 bits per heavy atom. The van der Waals surface area contributed by atoms with Crippen LogP contribution in [0.5, 0.6) is 0 Å². The Morgan fingerprint density at radius 1 is 1.50 bits per heavy atom. The van der Waals surface area contributed by atoms with Crippen LogP contribution in [0, 0.1) is 0 Å². The first-order valence-corrected chi connectivity index (χ1v) is 6.69. The average molecular weight is 247 g/mol. The minimum Gasteiger partial charge on any atom is -0.343 e. The number of anilines is 1. The lowest BCUT2D eigenvalue weighted by atomic mass is 10.0. The molecule has 0 radical (unpaired) electrons. The van der Waals surface area contributed by atoms with E-state index in [1.165, 1.54) is 24.1 Å². The molecule has 98 valence electrons. The second-order valence-corrected chi connectivity index (χ2v) is 5.40. The van der Waals surface area contributed by atoms with Crippen LogP contribution in [0.15, 0.2) is 6.20 Å². The molecule has 0 aliphatic carbocycles. The highest BCUT2D eigenvalue weighted by Crippen LogP contribution is 2.41. The lowest BCUT2D eigenvalue weighted by Gasteiger charge is -2.32. The SMILES string of the molecule is CN(CCN)c1ncc2c(n1)CC1CCC2N1C. The van der Waals surface area contributed by atoms with Gasteiger partial charge < -0.3 is 10.6 Å². The van der Waals surface area contributed by atoms with Gasteiger partial charge in [-0.1, -0.05) is 0 Å². The molecule has 2 bridgehead atoms. The number of fused-ring (bicyclic) bond motifs is 4. The van der Waals surface area contributed by atoms with Crippen LogP contribution in [-0.4, -0.2) is 48.1 Å². The third-order valence-electron chi connectivity index (χ3n) is 4.32. The van der Waals surface area contributed by atoms with Crippen molar-refractivity contribution in [1.82, 2.24) is 14.9 Å². The van der Waals surface area contributed by atoms with Crippen LogP contribution in [0.1, 0.15) is 30.1 Å². The van der Waals surface area contributed by atoms with Crippen LogP contribution in [0.3, 0.4) is 0 Å². The molecule has 2 aliphatic rings. The smallest absolute Gasteiger partial charge is 0.225 e. The highest BCUT2D eigenvalue weighted by atomic mass is 15.2. The zero-order chi connectivity index (χ0) is 12.7. The van der Waals surface area contributed by atoms with Crippen LogP contribution in [0.25, 0.3) is 0 Å². The van der Waals surface area contributed by atoms with Crippen molar-refractivity contribution >= 4 is 5.95 Å². The molecule has 1 saturated heterocycles. The standard InChI is InChI=1S/C13H21N5/c1-17(6-5-14)13-15-8-10-11(16-13)7-9-3-4-12(10)18(9)2/h8-9,12H,3-7,14H2,1-2H3. The van der Waals surface area contributed by atoms with E-state index < -0.39 is 0 Å². The normalized spacial score (nSPS) is 26.2. The minimum absolute atomic E-state index is 0.535. The molecule has 2 aliphatic heterocycles. The first-order chi connectivity index (χ1) is 8.70. The molecule has 0 saturated carbocycles. The summed E-state index contributed by atoms with van der Waals surface area (Å²) < 4.78 is 0. The Bertz CT molecular complexity index is 447. The molecule has 2 atom stereocenters. The van der Waals surface area contributed by atoms with Gasteiger partial charge in [0.25, 0.3) is 0 Å². The molecule has 5 heteroatoms. The molecule has 0 spiro atoms. The number of hydrogen-bond donors (Lipinski definition) is 1. The molecular weight excluding hydrogens is 226 g/mol. The molecular formula is C13H21N5. The summed E-state index contributed by atoms with van der Waals surface area (Å²) >= 11 is 0. The maximum Gasteiger partial charge on any atom is 0.225 e. The molecule has 2 unspecified atom stereocenters. The van der Waals surface area contributed by atoms with E-state index in [4.69, 9.17) is 10.7 Å². The number of aromatic nitrogens is 2. The van der Waals surface area contributed by atoms with Gasteiger partial charge in [-0.2, -0.15) is 0 Å². The van der Waals surface area contributed by atoms with Gasteiger partial charge in [-0.15, -0.1) is 0 Å². The number of rotatable bonds is 3. The van der Waals surface area contributed by atoms with Gasteiger partial charge in [0, 0.05) is 50.4 Å². The lowest BCUT2D eigenvalue weighted by Crippen LogP contribution is -2.35. The largest absolute Gasteiger partial charge is 0.343 e. The second-order valence-electron chi connectivity index (χ2n) is 5.40. The highest BCUT2D eigenvalue weighted by Gasteiger charge is 2.38. The number of nitrogens with zero attached hydrogens (tertiary/aromatic N) is 4. The monoisotopic (exact) mass is 247 g/mol. The van der Waals surface area contributed by atoms with Crippen LogP contribution in [0.4, 0.5) is 5.95 Å². The van der Waals surface area contributed by atoms with Crippen molar-refractivity contribution in [2.45, 2.75) is 31.3 Å². The average Bonchev–Trinajstić information content (AvgIpc) is 2.62. The quantitative estimate of drug-likeness (QED) is 0.846. The van der Waals surface area contributed by atoms with Gasteiger partial charge in [0.15, 0.2) is 0 Å². The fourth-order valence-electron chi connectivity index (χ4n) is 3.19. The van der Waals surface area contributed by atoms with E-state index >= 15 is 0 Å². The molecule has 0 amide bonds. The van der Waals surface area contributed by atoms with Gasteiger partial charge in [-0.05, 0) is 19.9 Å². The van der Waals surface area contributed by atoms with E-state index in [-0.39, 0.29) is 0 Å². The summed E-state index contributed by atoms with van der Waals surface area (Å²) in [5, 5.41) is 0. The van der Waals surface area contributed by atoms with E-state index in [2.05, 4.69) is 16.9 Å². The van der Waals surface area contributed by atoms with Crippen LogP contribution < -0.4 is 10.6 Å². The molecule has 3 heterocycles. The summed E-state index contributed by atoms with van der Waals surface area (Å²) in [6, 6.07) is 1.21. The predicted molar refractivity (Wildman–Crippen MR) is 71.6 cm³/mol. The molecule has 1 fully saturated rings. The zero-order valence-electron chi connectivity index (χ0n) is 11.1. The maximum atomic E-state index is 5.57. The van der Waals surface area contributed by atoms with Crippen molar-refractivity contribution in [3.8, 4) is 0 Å². The van der Waals surface area contributed by atoms with Crippen LogP contribution in [0.2, 0.25) is 0 Å². The van der Waals surface area contributed by atoms with E-state index in [0.717, 1.165) is 18.9 Å². The zero-order valence-corrected chi connectivity index (χ0v) is 11.1. The molecule has 18 heavy (non-hydrogen) atoms. The van der Waals surface area contributed by atoms with E-state index in [1.807, 2.05) is 18.1 Å². The fourth-order valence-corrected chi connectivity index (χ4v) is 3.19. The third-order valence-corrected chi connectivity index (χ3v) is 4.32. The number of hydrogen-bond acceptors (Lipinski definition) is 5. The Labute approximate surface area is 108 Å². The molecule has 1 aromatic rings. The topological polar surface area (TPSA) is 58.3 Å². The molecule has 3 rings (SSSR count). The lowest BCUT2D eigenvalue weighted by molar-refractivity contribution is 0.221. The Morgan fingerprint density at radius 2 is 2.33 bits per heavy atom. The third kappa shape index (κ3) is 1.78. The van der Waals surface area contributed by atoms with E-state index in [1.54, 1.807) is 0 Å². The van der Waals surface area contributed by atoms with Gasteiger partial charge in [0.2, 0.25) is 5.95 Å². The molecule has 5 nitrogen and oxygen atoms in total. The minimum atomic E-state index is 0.535. The first kappa shape index (κ1) is 11.9. The van der Waals surface area contributed by atoms with Gasteiger partial charge >= 0.3 is 0 Å². The van der Waals surface area contributed by atoms with Crippen molar-refractivity contribution in [1.29, 1.82) is 0 Å². The second kappa shape index (κ2) is 4.48. The van der Waals surface area contributed by atoms with E-state index in [9.17, 15) is 0 Å². The summed E-state index contributed by atoms with van der Waals surface area (Å²) in [5.41, 5.74) is 8.15. The van der Waals surface area contributed by atoms with Crippen molar-refractivity contribution in [3.63, 3.8) is 0 Å². The predicted octanol–water partition coefficient (Wildman–Crippen LogP) is 0.563. The summed E-state index contributed by atoms with van der Waals surface area (Å²) in [6.07, 6.45) is 5.61. The van der Waals surface area contributed by atoms with E-state index in [0.29, 0.717) is 18.6 Å². The molecule has 1 aromatic heterocycles. The van der Waals surface area contributed by atoms with Crippen molar-refractivity contribution < 1.29 is 0 Å². The van der Waals surface area contributed by atoms with Crippen LogP contribution in [-0.2, 0) is 6.42 Å². The highest BCUT2D eigenvalue weighted by molar-refractivity contribution is 5.36.